The molecule has 1 rings (SSSR count). The summed E-state index contributed by atoms with van der Waals surface area (Å²) in [4.78, 5) is 0. The Labute approximate surface area is 76.4 Å². The minimum Gasteiger partial charge on any atom is -0.409 e. The minimum absolute atomic E-state index is 0.0996. The van der Waals surface area contributed by atoms with Gasteiger partial charge in [-0.3, -0.25) is 0 Å². The van der Waals surface area contributed by atoms with Crippen LogP contribution in [0.5, 0.6) is 0 Å². The second kappa shape index (κ2) is 4.40. The van der Waals surface area contributed by atoms with Crippen LogP contribution in [0.1, 0.15) is 6.42 Å². The summed E-state index contributed by atoms with van der Waals surface area (Å²) in [6.45, 7) is 1.58. The molecular formula is C7H15N3O3. The molecule has 1 atom stereocenters. The molecule has 76 valence electrons. The summed E-state index contributed by atoms with van der Waals surface area (Å²) in [5, 5.41) is 23.6. The van der Waals surface area contributed by atoms with Crippen molar-refractivity contribution in [2.24, 2.45) is 10.9 Å². The van der Waals surface area contributed by atoms with E-state index in [-0.39, 0.29) is 12.4 Å². The third kappa shape index (κ3) is 3.17. The second-order valence-electron chi connectivity index (χ2n) is 3.22. The number of aliphatic hydroxyl groups is 1. The van der Waals surface area contributed by atoms with Gasteiger partial charge in [0, 0.05) is 19.6 Å². The number of nitrogens with one attached hydrogen (secondary N) is 1. The quantitative estimate of drug-likeness (QED) is 0.186. The predicted octanol–water partition coefficient (Wildman–Crippen LogP) is -1.53. The van der Waals surface area contributed by atoms with Crippen molar-refractivity contribution >= 4 is 5.84 Å². The summed E-state index contributed by atoms with van der Waals surface area (Å²) >= 11 is 0. The number of nitrogens with zero attached hydrogens (tertiary/aromatic N) is 1. The number of hydrogen-bond acceptors (Lipinski definition) is 5. The van der Waals surface area contributed by atoms with Crippen molar-refractivity contribution in [2.45, 2.75) is 12.0 Å². The van der Waals surface area contributed by atoms with Gasteiger partial charge in [0.05, 0.1) is 13.2 Å². The average molecular weight is 189 g/mol. The fourth-order valence-electron chi connectivity index (χ4n) is 1.19. The van der Waals surface area contributed by atoms with Crippen LogP contribution in [0.15, 0.2) is 5.16 Å². The summed E-state index contributed by atoms with van der Waals surface area (Å²) in [5.74, 6) is 0.0996. The number of amidine groups is 1. The van der Waals surface area contributed by atoms with Crippen molar-refractivity contribution in [3.63, 3.8) is 0 Å². The van der Waals surface area contributed by atoms with Crippen molar-refractivity contribution in [2.75, 3.05) is 26.3 Å². The summed E-state index contributed by atoms with van der Waals surface area (Å²) in [6.07, 6.45) is 0.621. The fourth-order valence-corrected chi connectivity index (χ4v) is 1.19. The summed E-state index contributed by atoms with van der Waals surface area (Å²) in [7, 11) is 0. The van der Waals surface area contributed by atoms with Crippen molar-refractivity contribution < 1.29 is 15.1 Å². The number of rotatable bonds is 4. The molecule has 5 N–H and O–H groups in total. The van der Waals surface area contributed by atoms with Gasteiger partial charge >= 0.3 is 0 Å². The minimum atomic E-state index is -0.796. The van der Waals surface area contributed by atoms with Crippen LogP contribution in [0.4, 0.5) is 0 Å². The molecule has 0 amide bonds. The third-order valence-electron chi connectivity index (χ3n) is 1.97. The molecule has 1 saturated heterocycles. The van der Waals surface area contributed by atoms with E-state index in [4.69, 9.17) is 15.7 Å². The van der Waals surface area contributed by atoms with E-state index < -0.39 is 5.60 Å². The molecule has 1 aliphatic rings. The maximum Gasteiger partial charge on any atom is 0.153 e. The van der Waals surface area contributed by atoms with Gasteiger partial charge in [-0.25, -0.2) is 0 Å². The van der Waals surface area contributed by atoms with Crippen molar-refractivity contribution in [1.29, 1.82) is 0 Å². The Kier molecular flexibility index (Phi) is 3.47. The van der Waals surface area contributed by atoms with E-state index in [1.54, 1.807) is 0 Å². The first-order chi connectivity index (χ1) is 6.16. The van der Waals surface area contributed by atoms with Crippen LogP contribution in [0.2, 0.25) is 0 Å². The molecule has 1 unspecified atom stereocenters. The van der Waals surface area contributed by atoms with E-state index in [1.165, 1.54) is 0 Å². The lowest BCUT2D eigenvalue weighted by molar-refractivity contribution is 0.0281. The number of nitrogens with two attached hydrogens (primary N) is 1. The van der Waals surface area contributed by atoms with Gasteiger partial charge in [0.15, 0.2) is 5.84 Å². The number of hydrogen-bond donors (Lipinski definition) is 4. The van der Waals surface area contributed by atoms with Gasteiger partial charge < -0.3 is 26.1 Å². The Balaban J connectivity index is 2.18. The smallest absolute Gasteiger partial charge is 0.153 e. The highest BCUT2D eigenvalue weighted by Crippen LogP contribution is 2.16. The van der Waals surface area contributed by atoms with Crippen LogP contribution in [0, 0.1) is 0 Å². The van der Waals surface area contributed by atoms with Crippen LogP contribution >= 0.6 is 0 Å². The first-order valence-corrected chi connectivity index (χ1v) is 4.13. The molecule has 0 aliphatic carbocycles. The van der Waals surface area contributed by atoms with Gasteiger partial charge in [0.2, 0.25) is 0 Å². The first kappa shape index (κ1) is 10.2. The Hall–Kier alpha value is -0.850. The molecule has 1 fully saturated rings. The molecule has 0 radical (unpaired) electrons. The van der Waals surface area contributed by atoms with Gasteiger partial charge in [0.25, 0.3) is 0 Å². The highest BCUT2D eigenvalue weighted by molar-refractivity contribution is 5.81. The molecule has 13 heavy (non-hydrogen) atoms. The standard InChI is InChI=1S/C7H15N3O3/c8-6(10-12)3-9-4-7(11)1-2-13-5-7/h9,11-12H,1-5H2,(H2,8,10). The molecule has 0 saturated carbocycles. The first-order valence-electron chi connectivity index (χ1n) is 4.13. The van der Waals surface area contributed by atoms with Crippen LogP contribution < -0.4 is 11.1 Å². The van der Waals surface area contributed by atoms with Gasteiger partial charge in [-0.2, -0.15) is 0 Å². The lowest BCUT2D eigenvalue weighted by Gasteiger charge is -2.20. The Morgan fingerprint density at radius 3 is 3.00 bits per heavy atom. The molecule has 6 heteroatoms. The molecule has 0 aromatic carbocycles. The topological polar surface area (TPSA) is 100 Å². The normalized spacial score (nSPS) is 29.5. The predicted molar refractivity (Wildman–Crippen MR) is 46.7 cm³/mol. The Bertz CT molecular complexity index is 189. The molecule has 6 nitrogen and oxygen atoms in total. The monoisotopic (exact) mass is 189 g/mol. The molecule has 0 spiro atoms. The van der Waals surface area contributed by atoms with Crippen molar-refractivity contribution in [3.8, 4) is 0 Å². The van der Waals surface area contributed by atoms with Gasteiger partial charge in [-0.15, -0.1) is 0 Å². The van der Waals surface area contributed by atoms with E-state index in [0.717, 1.165) is 0 Å². The van der Waals surface area contributed by atoms with Crippen molar-refractivity contribution in [3.05, 3.63) is 0 Å². The fraction of sp³-hybridized carbons (Fsp3) is 0.857. The van der Waals surface area contributed by atoms with Gasteiger partial charge in [0.1, 0.15) is 5.60 Å². The van der Waals surface area contributed by atoms with Crippen LogP contribution in [0.25, 0.3) is 0 Å². The van der Waals surface area contributed by atoms with Crippen LogP contribution in [-0.4, -0.2) is 48.1 Å². The van der Waals surface area contributed by atoms with E-state index in [1.807, 2.05) is 0 Å². The summed E-state index contributed by atoms with van der Waals surface area (Å²) in [6, 6.07) is 0. The highest BCUT2D eigenvalue weighted by Gasteiger charge is 2.31. The highest BCUT2D eigenvalue weighted by atomic mass is 16.5. The second-order valence-corrected chi connectivity index (χ2v) is 3.22. The van der Waals surface area contributed by atoms with Crippen LogP contribution in [0.3, 0.4) is 0 Å². The molecule has 1 aliphatic heterocycles. The Morgan fingerprint density at radius 1 is 1.69 bits per heavy atom. The lowest BCUT2D eigenvalue weighted by atomic mass is 10.0. The van der Waals surface area contributed by atoms with E-state index in [2.05, 4.69) is 10.5 Å². The van der Waals surface area contributed by atoms with Crippen molar-refractivity contribution in [1.82, 2.24) is 5.32 Å². The SMILES string of the molecule is NC(CNCC1(O)CCOC1)=NO. The Morgan fingerprint density at radius 2 is 2.46 bits per heavy atom. The molecule has 1 heterocycles. The molecule has 0 aromatic rings. The summed E-state index contributed by atoms with van der Waals surface area (Å²) in [5.41, 5.74) is 4.43. The van der Waals surface area contributed by atoms with Gasteiger partial charge in [-0.05, 0) is 0 Å². The zero-order chi connectivity index (χ0) is 9.73. The summed E-state index contributed by atoms with van der Waals surface area (Å²) < 4.78 is 5.04. The maximum absolute atomic E-state index is 9.75. The molecule has 0 bridgehead atoms. The molecule has 0 aromatic heterocycles. The largest absolute Gasteiger partial charge is 0.409 e. The van der Waals surface area contributed by atoms with E-state index in [9.17, 15) is 5.11 Å². The zero-order valence-corrected chi connectivity index (χ0v) is 7.36. The number of ether oxygens (including phenoxy) is 1. The van der Waals surface area contributed by atoms with Crippen LogP contribution in [-0.2, 0) is 4.74 Å². The van der Waals surface area contributed by atoms with E-state index >= 15 is 0 Å². The number of oxime groups is 1. The zero-order valence-electron chi connectivity index (χ0n) is 7.36. The van der Waals surface area contributed by atoms with E-state index in [0.29, 0.717) is 26.2 Å². The third-order valence-corrected chi connectivity index (χ3v) is 1.97. The van der Waals surface area contributed by atoms with Gasteiger partial charge in [-0.1, -0.05) is 5.16 Å². The maximum atomic E-state index is 9.75. The lowest BCUT2D eigenvalue weighted by Crippen LogP contribution is -2.43. The average Bonchev–Trinajstić information content (AvgIpc) is 2.52. The molecular weight excluding hydrogens is 174 g/mol.